The lowest BCUT2D eigenvalue weighted by molar-refractivity contribution is -0.120. The number of carbonyl (C=O) groups excluding carboxylic acids is 1. The predicted octanol–water partition coefficient (Wildman–Crippen LogP) is 6.14. The van der Waals surface area contributed by atoms with Crippen molar-refractivity contribution in [1.82, 2.24) is 35.1 Å². The van der Waals surface area contributed by atoms with Crippen LogP contribution in [0.1, 0.15) is 32.1 Å². The number of imidazole rings is 1. The van der Waals surface area contributed by atoms with Gasteiger partial charge in [0.1, 0.15) is 5.69 Å². The molecule has 9 heteroatoms. The molecular formula is C30H26N8O. The molecule has 0 bridgehead atoms. The lowest BCUT2D eigenvalue weighted by Crippen LogP contribution is -2.24. The van der Waals surface area contributed by atoms with Gasteiger partial charge in [-0.15, -0.1) is 0 Å². The number of amides is 1. The van der Waals surface area contributed by atoms with Gasteiger partial charge in [0.05, 0.1) is 40.3 Å². The number of H-pyrrole nitrogens is 2. The van der Waals surface area contributed by atoms with Crippen molar-refractivity contribution in [3.63, 3.8) is 0 Å². The Kier molecular flexibility index (Phi) is 5.81. The topological polar surface area (TPSA) is 125 Å². The minimum Gasteiger partial charge on any atom is -0.337 e. The van der Waals surface area contributed by atoms with Crippen molar-refractivity contribution in [2.45, 2.75) is 32.1 Å². The molecule has 1 aliphatic carbocycles. The highest BCUT2D eigenvalue weighted by Crippen LogP contribution is 2.33. The van der Waals surface area contributed by atoms with E-state index in [0.717, 1.165) is 70.0 Å². The summed E-state index contributed by atoms with van der Waals surface area (Å²) in [6.07, 6.45) is 14.1. The average Bonchev–Trinajstić information content (AvgIpc) is 3.62. The zero-order valence-electron chi connectivity index (χ0n) is 21.2. The van der Waals surface area contributed by atoms with Crippen LogP contribution in [0.25, 0.3) is 55.8 Å². The molecule has 1 aromatic carbocycles. The number of aromatic nitrogens is 7. The summed E-state index contributed by atoms with van der Waals surface area (Å²) in [5.74, 6) is 0.814. The molecule has 7 rings (SSSR count). The van der Waals surface area contributed by atoms with E-state index in [1.165, 1.54) is 6.42 Å². The molecule has 1 amide bonds. The monoisotopic (exact) mass is 514 g/mol. The first kappa shape index (κ1) is 23.2. The van der Waals surface area contributed by atoms with Gasteiger partial charge < -0.3 is 10.3 Å². The maximum absolute atomic E-state index is 12.8. The van der Waals surface area contributed by atoms with Gasteiger partial charge in [-0.25, -0.2) is 4.98 Å². The molecule has 1 fully saturated rings. The fourth-order valence-corrected chi connectivity index (χ4v) is 5.41. The van der Waals surface area contributed by atoms with E-state index in [9.17, 15) is 4.79 Å². The third kappa shape index (κ3) is 4.41. The molecule has 1 aliphatic rings. The van der Waals surface area contributed by atoms with Crippen molar-refractivity contribution < 1.29 is 4.79 Å². The molecule has 0 radical (unpaired) electrons. The van der Waals surface area contributed by atoms with Gasteiger partial charge in [0.2, 0.25) is 5.91 Å². The van der Waals surface area contributed by atoms with Crippen LogP contribution in [-0.4, -0.2) is 41.0 Å². The van der Waals surface area contributed by atoms with E-state index in [1.807, 2.05) is 48.7 Å². The van der Waals surface area contributed by atoms with Crippen LogP contribution < -0.4 is 5.32 Å². The number of nitrogens with one attached hydrogen (secondary N) is 3. The largest absolute Gasteiger partial charge is 0.337 e. The van der Waals surface area contributed by atoms with Gasteiger partial charge in [0, 0.05) is 46.6 Å². The van der Waals surface area contributed by atoms with Crippen LogP contribution in [0.3, 0.4) is 0 Å². The summed E-state index contributed by atoms with van der Waals surface area (Å²) < 4.78 is 0. The van der Waals surface area contributed by atoms with Gasteiger partial charge in [-0.1, -0.05) is 37.5 Å². The van der Waals surface area contributed by atoms with Gasteiger partial charge in [0.15, 0.2) is 5.82 Å². The van der Waals surface area contributed by atoms with Crippen molar-refractivity contribution in [2.75, 3.05) is 5.32 Å². The number of benzene rings is 1. The molecule has 5 aromatic heterocycles. The Hall–Kier alpha value is -4.92. The van der Waals surface area contributed by atoms with Crippen molar-refractivity contribution in [3.05, 3.63) is 73.4 Å². The van der Waals surface area contributed by atoms with Crippen LogP contribution in [0, 0.1) is 5.92 Å². The second-order valence-corrected chi connectivity index (χ2v) is 10.0. The Morgan fingerprint density at radius 2 is 1.79 bits per heavy atom. The third-order valence-electron chi connectivity index (χ3n) is 7.43. The van der Waals surface area contributed by atoms with E-state index in [1.54, 1.807) is 24.8 Å². The zero-order chi connectivity index (χ0) is 26.2. The lowest BCUT2D eigenvalue weighted by atomic mass is 9.88. The molecule has 3 N–H and O–H groups in total. The summed E-state index contributed by atoms with van der Waals surface area (Å²) in [5.41, 5.74) is 7.52. The molecule has 6 aromatic rings. The van der Waals surface area contributed by atoms with Crippen molar-refractivity contribution in [1.29, 1.82) is 0 Å². The number of carbonyl (C=O) groups is 1. The number of hydrogen-bond acceptors (Lipinski definition) is 6. The number of anilines is 1. The second-order valence-electron chi connectivity index (χ2n) is 10.0. The molecule has 0 saturated heterocycles. The van der Waals surface area contributed by atoms with E-state index < -0.39 is 0 Å². The maximum Gasteiger partial charge on any atom is 0.227 e. The molecule has 0 spiro atoms. The molecule has 5 heterocycles. The van der Waals surface area contributed by atoms with Crippen molar-refractivity contribution in [2.24, 2.45) is 5.92 Å². The first-order valence-electron chi connectivity index (χ1n) is 13.2. The van der Waals surface area contributed by atoms with Crippen molar-refractivity contribution >= 4 is 33.5 Å². The molecular weight excluding hydrogens is 488 g/mol. The van der Waals surface area contributed by atoms with E-state index in [-0.39, 0.29) is 11.8 Å². The SMILES string of the molecule is O=C(Nc1cncc(-c2cc3c(-c4nc5c(-c6cccnc6)cccc5[nH]4)n[nH]c3cn2)c1)C1CCCCC1. The first-order chi connectivity index (χ1) is 19.2. The van der Waals surface area contributed by atoms with Crippen LogP contribution in [0.2, 0.25) is 0 Å². The van der Waals surface area contributed by atoms with Crippen LogP contribution in [0.4, 0.5) is 5.69 Å². The smallest absolute Gasteiger partial charge is 0.227 e. The van der Waals surface area contributed by atoms with E-state index in [0.29, 0.717) is 17.2 Å². The summed E-state index contributed by atoms with van der Waals surface area (Å²) in [6, 6.07) is 13.9. The summed E-state index contributed by atoms with van der Waals surface area (Å²) >= 11 is 0. The molecule has 9 nitrogen and oxygen atoms in total. The number of rotatable bonds is 5. The highest BCUT2D eigenvalue weighted by Gasteiger charge is 2.21. The van der Waals surface area contributed by atoms with Gasteiger partial charge >= 0.3 is 0 Å². The third-order valence-corrected chi connectivity index (χ3v) is 7.43. The molecule has 0 unspecified atom stereocenters. The second kappa shape index (κ2) is 9.75. The summed E-state index contributed by atoms with van der Waals surface area (Å²) in [7, 11) is 0. The Morgan fingerprint density at radius 1 is 0.897 bits per heavy atom. The molecule has 1 saturated carbocycles. The molecule has 192 valence electrons. The highest BCUT2D eigenvalue weighted by molar-refractivity contribution is 5.98. The molecule has 0 aliphatic heterocycles. The first-order valence-corrected chi connectivity index (χ1v) is 13.2. The highest BCUT2D eigenvalue weighted by atomic mass is 16.1. The maximum atomic E-state index is 12.8. The predicted molar refractivity (Wildman–Crippen MR) is 151 cm³/mol. The number of para-hydroxylation sites is 1. The normalized spacial score (nSPS) is 14.2. The van der Waals surface area contributed by atoms with Gasteiger partial charge in [-0.05, 0) is 37.1 Å². The van der Waals surface area contributed by atoms with Crippen LogP contribution >= 0.6 is 0 Å². The Bertz CT molecular complexity index is 1800. The number of nitrogens with zero attached hydrogens (tertiary/aromatic N) is 5. The average molecular weight is 515 g/mol. The van der Waals surface area contributed by atoms with Gasteiger partial charge in [-0.2, -0.15) is 5.10 Å². The zero-order valence-corrected chi connectivity index (χ0v) is 21.2. The van der Waals surface area contributed by atoms with Crippen LogP contribution in [-0.2, 0) is 4.79 Å². The van der Waals surface area contributed by atoms with E-state index >= 15 is 0 Å². The fourth-order valence-electron chi connectivity index (χ4n) is 5.41. The van der Waals surface area contributed by atoms with Crippen molar-refractivity contribution in [3.8, 4) is 33.9 Å². The Labute approximate surface area is 224 Å². The number of pyridine rings is 3. The Balaban J connectivity index is 1.23. The van der Waals surface area contributed by atoms with E-state index in [4.69, 9.17) is 4.98 Å². The van der Waals surface area contributed by atoms with E-state index in [2.05, 4.69) is 35.5 Å². The number of hydrogen-bond donors (Lipinski definition) is 3. The van der Waals surface area contributed by atoms with Crippen LogP contribution in [0.5, 0.6) is 0 Å². The molecule has 39 heavy (non-hydrogen) atoms. The lowest BCUT2D eigenvalue weighted by Gasteiger charge is -2.20. The molecule has 0 atom stereocenters. The minimum absolute atomic E-state index is 0.0738. The quantitative estimate of drug-likeness (QED) is 0.254. The summed E-state index contributed by atoms with van der Waals surface area (Å²) in [4.78, 5) is 34.4. The van der Waals surface area contributed by atoms with Gasteiger partial charge in [-0.3, -0.25) is 24.8 Å². The standard InChI is InChI=1S/C30H26N8O/c39-30(18-6-2-1-3-7-18)34-21-12-20(15-32-16-21)25-13-23-26(17-33-25)37-38-28(23)29-35-24-10-4-9-22(27(24)36-29)19-8-5-11-31-14-19/h4-5,8-18H,1-3,6-7H2,(H,34,39)(H,35,36)(H,37,38). The fraction of sp³-hybridized carbons (Fsp3) is 0.200. The van der Waals surface area contributed by atoms with Crippen LogP contribution in [0.15, 0.2) is 73.4 Å². The number of fused-ring (bicyclic) bond motifs is 2. The van der Waals surface area contributed by atoms with Gasteiger partial charge in [0.25, 0.3) is 0 Å². The number of aromatic amines is 2. The summed E-state index contributed by atoms with van der Waals surface area (Å²) in [5, 5.41) is 11.6. The Morgan fingerprint density at radius 3 is 2.67 bits per heavy atom. The summed E-state index contributed by atoms with van der Waals surface area (Å²) in [6.45, 7) is 0. The minimum atomic E-state index is 0.0738.